The summed E-state index contributed by atoms with van der Waals surface area (Å²) < 4.78 is 5.35. The van der Waals surface area contributed by atoms with Crippen molar-refractivity contribution in [2.75, 3.05) is 19.8 Å². The van der Waals surface area contributed by atoms with Crippen molar-refractivity contribution in [1.29, 1.82) is 0 Å². The number of ether oxygens (including phenoxy) is 1. The van der Waals surface area contributed by atoms with Gasteiger partial charge in [0.15, 0.2) is 0 Å². The van der Waals surface area contributed by atoms with Crippen LogP contribution in [-0.2, 0) is 33.8 Å². The maximum Gasteiger partial charge on any atom is 0.335 e. The number of hydrogen-bond donors (Lipinski definition) is 2. The van der Waals surface area contributed by atoms with Crippen LogP contribution in [-0.4, -0.2) is 47.5 Å². The summed E-state index contributed by atoms with van der Waals surface area (Å²) in [6.07, 6.45) is 1.49. The summed E-state index contributed by atoms with van der Waals surface area (Å²) in [5, 5.41) is 12.6. The minimum atomic E-state index is -0.971. The molecule has 38 heavy (non-hydrogen) atoms. The molecule has 2 aliphatic rings. The fraction of sp³-hybridized carbons (Fsp3) is 0.323. The van der Waals surface area contributed by atoms with Gasteiger partial charge in [-0.1, -0.05) is 54.6 Å². The first-order valence-corrected chi connectivity index (χ1v) is 13.1. The van der Waals surface area contributed by atoms with Crippen LogP contribution in [0.5, 0.6) is 0 Å². The molecule has 0 radical (unpaired) electrons. The van der Waals surface area contributed by atoms with Gasteiger partial charge in [-0.15, -0.1) is 0 Å². The van der Waals surface area contributed by atoms with E-state index in [9.17, 15) is 19.5 Å². The quantitative estimate of drug-likeness (QED) is 0.443. The summed E-state index contributed by atoms with van der Waals surface area (Å²) in [5.74, 6) is -0.738. The molecule has 2 atom stereocenters. The van der Waals surface area contributed by atoms with E-state index in [0.29, 0.717) is 32.7 Å². The van der Waals surface area contributed by atoms with Crippen LogP contribution < -0.4 is 5.32 Å². The molecule has 0 aromatic heterocycles. The van der Waals surface area contributed by atoms with Gasteiger partial charge in [-0.3, -0.25) is 9.59 Å². The average Bonchev–Trinajstić information content (AvgIpc) is 3.76. The lowest BCUT2D eigenvalue weighted by Gasteiger charge is -2.32. The molecule has 1 heterocycles. The van der Waals surface area contributed by atoms with E-state index in [1.807, 2.05) is 43.3 Å². The Morgan fingerprint density at radius 1 is 1.03 bits per heavy atom. The van der Waals surface area contributed by atoms with Crippen molar-refractivity contribution in [1.82, 2.24) is 10.2 Å². The Labute approximate surface area is 222 Å². The molecule has 5 rings (SSSR count). The molecule has 0 saturated heterocycles. The summed E-state index contributed by atoms with van der Waals surface area (Å²) >= 11 is 0. The largest absolute Gasteiger partial charge is 0.478 e. The minimum absolute atomic E-state index is 0.0180. The number of nitrogens with zero attached hydrogens (tertiary/aromatic N) is 1. The fourth-order valence-corrected chi connectivity index (χ4v) is 5.36. The van der Waals surface area contributed by atoms with Gasteiger partial charge in [-0.25, -0.2) is 4.79 Å². The molecular weight excluding hydrogens is 480 g/mol. The molecule has 2 amide bonds. The van der Waals surface area contributed by atoms with Crippen LogP contribution in [0.15, 0.2) is 66.7 Å². The van der Waals surface area contributed by atoms with Crippen LogP contribution in [0.2, 0.25) is 0 Å². The summed E-state index contributed by atoms with van der Waals surface area (Å²) in [6.45, 7) is 3.74. The first-order valence-electron chi connectivity index (χ1n) is 13.1. The van der Waals surface area contributed by atoms with Crippen molar-refractivity contribution in [3.63, 3.8) is 0 Å². The standard InChI is InChI=1S/C31H32N2O5/c1-2-38-19-29(34)33-14-13-25-24(21-9-6-10-22(15-21)31(36)37)12-11-23(28(25)18-33)17-32-30(35)27-16-26(27)20-7-4-3-5-8-20/h3-12,15,26-27H,2,13-14,16-19H2,1H3,(H,32,35)(H,36,37)/t26-,27-/m1/s1. The van der Waals surface area contributed by atoms with Crippen LogP contribution in [0, 0.1) is 5.92 Å². The number of carbonyl (C=O) groups is 3. The van der Waals surface area contributed by atoms with Crippen LogP contribution in [0.4, 0.5) is 0 Å². The lowest BCUT2D eigenvalue weighted by atomic mass is 9.87. The molecule has 3 aromatic carbocycles. The van der Waals surface area contributed by atoms with E-state index in [1.54, 1.807) is 23.1 Å². The predicted molar refractivity (Wildman–Crippen MR) is 144 cm³/mol. The Morgan fingerprint density at radius 2 is 1.84 bits per heavy atom. The normalized spacial score (nSPS) is 18.0. The number of nitrogens with one attached hydrogen (secondary N) is 1. The van der Waals surface area contributed by atoms with Gasteiger partial charge >= 0.3 is 5.97 Å². The van der Waals surface area contributed by atoms with Gasteiger partial charge in [0.2, 0.25) is 11.8 Å². The van der Waals surface area contributed by atoms with E-state index in [1.165, 1.54) is 5.56 Å². The minimum Gasteiger partial charge on any atom is -0.478 e. The molecule has 7 heteroatoms. The number of carbonyl (C=O) groups excluding carboxylic acids is 2. The van der Waals surface area contributed by atoms with Gasteiger partial charge in [0.05, 0.1) is 5.56 Å². The van der Waals surface area contributed by atoms with Crippen molar-refractivity contribution in [2.24, 2.45) is 5.92 Å². The highest BCUT2D eigenvalue weighted by atomic mass is 16.5. The SMILES string of the molecule is CCOCC(=O)N1CCc2c(-c3cccc(C(=O)O)c3)ccc(CNC(=O)[C@@H]3C[C@@H]3c3ccccc3)c2C1. The monoisotopic (exact) mass is 512 g/mol. The van der Waals surface area contributed by atoms with Gasteiger partial charge in [-0.2, -0.15) is 0 Å². The third kappa shape index (κ3) is 5.48. The van der Waals surface area contributed by atoms with E-state index < -0.39 is 5.97 Å². The third-order valence-corrected chi connectivity index (χ3v) is 7.52. The Bertz CT molecular complexity index is 1350. The van der Waals surface area contributed by atoms with Crippen LogP contribution in [0.25, 0.3) is 11.1 Å². The number of carboxylic acids is 1. The highest BCUT2D eigenvalue weighted by Gasteiger charge is 2.43. The van der Waals surface area contributed by atoms with Gasteiger partial charge in [0.25, 0.3) is 0 Å². The van der Waals surface area contributed by atoms with E-state index >= 15 is 0 Å². The number of amides is 2. The molecule has 1 aliphatic carbocycles. The summed E-state index contributed by atoms with van der Waals surface area (Å²) in [4.78, 5) is 39.1. The number of aromatic carboxylic acids is 1. The molecule has 0 spiro atoms. The van der Waals surface area contributed by atoms with E-state index in [2.05, 4.69) is 17.4 Å². The number of rotatable bonds is 9. The van der Waals surface area contributed by atoms with Crippen molar-refractivity contribution >= 4 is 17.8 Å². The molecule has 0 unspecified atom stereocenters. The zero-order valence-electron chi connectivity index (χ0n) is 21.5. The predicted octanol–water partition coefficient (Wildman–Crippen LogP) is 4.39. The van der Waals surface area contributed by atoms with Crippen molar-refractivity contribution < 1.29 is 24.2 Å². The number of carboxylic acid groups (broad SMARTS) is 1. The Hall–Kier alpha value is -3.97. The molecule has 1 aliphatic heterocycles. The third-order valence-electron chi connectivity index (χ3n) is 7.52. The maximum absolute atomic E-state index is 13.0. The molecule has 7 nitrogen and oxygen atoms in total. The average molecular weight is 513 g/mol. The molecule has 2 N–H and O–H groups in total. The first-order chi connectivity index (χ1) is 18.5. The molecule has 1 saturated carbocycles. The molecular formula is C31H32N2O5. The highest BCUT2D eigenvalue weighted by molar-refractivity contribution is 5.90. The summed E-state index contributed by atoms with van der Waals surface area (Å²) in [7, 11) is 0. The number of benzene rings is 3. The van der Waals surface area contributed by atoms with E-state index in [4.69, 9.17) is 4.74 Å². The second-order valence-corrected chi connectivity index (χ2v) is 9.89. The Balaban J connectivity index is 1.39. The molecule has 196 valence electrons. The lowest BCUT2D eigenvalue weighted by Crippen LogP contribution is -2.39. The zero-order valence-corrected chi connectivity index (χ0v) is 21.5. The Kier molecular flexibility index (Phi) is 7.56. The number of hydrogen-bond acceptors (Lipinski definition) is 4. The van der Waals surface area contributed by atoms with Crippen molar-refractivity contribution in [3.05, 3.63) is 94.5 Å². The van der Waals surface area contributed by atoms with Crippen LogP contribution in [0.3, 0.4) is 0 Å². The van der Waals surface area contributed by atoms with E-state index in [-0.39, 0.29) is 35.8 Å². The first kappa shape index (κ1) is 25.7. The maximum atomic E-state index is 13.0. The van der Waals surface area contributed by atoms with Crippen molar-refractivity contribution in [2.45, 2.75) is 38.8 Å². The van der Waals surface area contributed by atoms with Crippen LogP contribution in [0.1, 0.15) is 51.9 Å². The zero-order chi connectivity index (χ0) is 26.6. The van der Waals surface area contributed by atoms with Gasteiger partial charge < -0.3 is 20.1 Å². The second kappa shape index (κ2) is 11.2. The smallest absolute Gasteiger partial charge is 0.335 e. The molecule has 0 bridgehead atoms. The lowest BCUT2D eigenvalue weighted by molar-refractivity contribution is -0.137. The Morgan fingerprint density at radius 3 is 2.61 bits per heavy atom. The van der Waals surface area contributed by atoms with E-state index in [0.717, 1.165) is 34.2 Å². The highest BCUT2D eigenvalue weighted by Crippen LogP contribution is 2.47. The molecule has 1 fully saturated rings. The molecule has 3 aromatic rings. The second-order valence-electron chi connectivity index (χ2n) is 9.89. The van der Waals surface area contributed by atoms with Gasteiger partial charge in [0.1, 0.15) is 6.61 Å². The van der Waals surface area contributed by atoms with Crippen molar-refractivity contribution in [3.8, 4) is 11.1 Å². The summed E-state index contributed by atoms with van der Waals surface area (Å²) in [6, 6.07) is 21.0. The van der Waals surface area contributed by atoms with Crippen LogP contribution >= 0.6 is 0 Å². The van der Waals surface area contributed by atoms with Gasteiger partial charge in [-0.05, 0) is 71.2 Å². The van der Waals surface area contributed by atoms with Gasteiger partial charge in [0, 0.05) is 32.2 Å². The summed E-state index contributed by atoms with van der Waals surface area (Å²) in [5.41, 5.74) is 6.28. The number of fused-ring (bicyclic) bond motifs is 1. The topological polar surface area (TPSA) is 95.9 Å². The fourth-order valence-electron chi connectivity index (χ4n) is 5.36.